The lowest BCUT2D eigenvalue weighted by Crippen LogP contribution is -2.26. The molecular formula is C20H19FN6OS. The first-order valence-electron chi connectivity index (χ1n) is 9.47. The van der Waals surface area contributed by atoms with E-state index >= 15 is 0 Å². The highest BCUT2D eigenvalue weighted by molar-refractivity contribution is 7.18. The van der Waals surface area contributed by atoms with Gasteiger partial charge in [0.1, 0.15) is 5.52 Å². The minimum atomic E-state index is -0.600. The highest BCUT2D eigenvalue weighted by Gasteiger charge is 2.21. The Labute approximate surface area is 169 Å². The Morgan fingerprint density at radius 3 is 2.83 bits per heavy atom. The molecule has 9 heteroatoms. The summed E-state index contributed by atoms with van der Waals surface area (Å²) in [5.74, 6) is -0.628. The van der Waals surface area contributed by atoms with Gasteiger partial charge in [0.2, 0.25) is 0 Å². The molecule has 148 valence electrons. The zero-order valence-corrected chi connectivity index (χ0v) is 16.6. The van der Waals surface area contributed by atoms with E-state index in [4.69, 9.17) is 5.73 Å². The average Bonchev–Trinajstić information content (AvgIpc) is 3.30. The third-order valence-electron chi connectivity index (χ3n) is 5.26. The predicted molar refractivity (Wildman–Crippen MR) is 110 cm³/mol. The van der Waals surface area contributed by atoms with Crippen LogP contribution >= 0.6 is 11.3 Å². The molecule has 0 atom stereocenters. The number of hydrogen-bond donors (Lipinski definition) is 2. The van der Waals surface area contributed by atoms with E-state index in [2.05, 4.69) is 20.4 Å². The Balaban J connectivity index is 1.64. The van der Waals surface area contributed by atoms with Crippen molar-refractivity contribution in [3.63, 3.8) is 0 Å². The molecule has 5 rings (SSSR count). The Morgan fingerprint density at radius 1 is 1.28 bits per heavy atom. The van der Waals surface area contributed by atoms with Gasteiger partial charge in [0, 0.05) is 11.5 Å². The van der Waals surface area contributed by atoms with Gasteiger partial charge in [-0.05, 0) is 51.1 Å². The van der Waals surface area contributed by atoms with E-state index in [1.807, 2.05) is 13.0 Å². The van der Waals surface area contributed by atoms with Gasteiger partial charge in [-0.3, -0.25) is 4.79 Å². The van der Waals surface area contributed by atoms with Crippen molar-refractivity contribution in [2.45, 2.75) is 25.7 Å². The molecule has 1 amide bonds. The Morgan fingerprint density at radius 2 is 2.07 bits per heavy atom. The summed E-state index contributed by atoms with van der Waals surface area (Å²) in [5, 5.41) is 8.83. The number of rotatable bonds is 3. The van der Waals surface area contributed by atoms with Crippen molar-refractivity contribution in [2.24, 2.45) is 5.73 Å². The first-order chi connectivity index (χ1) is 14.0. The molecule has 3 aromatic heterocycles. The van der Waals surface area contributed by atoms with Crippen LogP contribution in [0.2, 0.25) is 0 Å². The smallest absolute Gasteiger partial charge is 0.252 e. The van der Waals surface area contributed by atoms with Crippen LogP contribution in [0.25, 0.3) is 27.1 Å². The Hall–Kier alpha value is -2.91. The second kappa shape index (κ2) is 6.85. The number of imidazole rings is 1. The summed E-state index contributed by atoms with van der Waals surface area (Å²) in [6.45, 7) is 3.72. The van der Waals surface area contributed by atoms with Crippen molar-refractivity contribution >= 4 is 33.1 Å². The molecular weight excluding hydrogens is 391 g/mol. The van der Waals surface area contributed by atoms with Crippen LogP contribution in [0, 0.1) is 12.7 Å². The standard InChI is InChI=1S/C20H19FN6OS/c1-10-9-27-19(24-10)13(18(22)28)8-15(26-27)12-6-14(21)17-16(7-12)29-20(25-17)11-2-4-23-5-3-11/h6-9,11,23H,2-5H2,1H3,(H2,22,28). The molecule has 1 aromatic carbocycles. The first-order valence-corrected chi connectivity index (χ1v) is 10.3. The normalized spacial score (nSPS) is 15.4. The van der Waals surface area contributed by atoms with Gasteiger partial charge < -0.3 is 11.1 Å². The fraction of sp³-hybridized carbons (Fsp3) is 0.300. The van der Waals surface area contributed by atoms with Gasteiger partial charge in [-0.2, -0.15) is 5.10 Å². The van der Waals surface area contributed by atoms with E-state index in [0.717, 1.165) is 35.6 Å². The van der Waals surface area contributed by atoms with Crippen LogP contribution in [-0.2, 0) is 0 Å². The number of fused-ring (bicyclic) bond motifs is 2. The van der Waals surface area contributed by atoms with Crippen LogP contribution in [0.5, 0.6) is 0 Å². The summed E-state index contributed by atoms with van der Waals surface area (Å²) < 4.78 is 17.2. The third-order valence-corrected chi connectivity index (χ3v) is 6.43. The quantitative estimate of drug-likeness (QED) is 0.541. The van der Waals surface area contributed by atoms with Crippen molar-refractivity contribution in [1.29, 1.82) is 0 Å². The molecule has 0 aliphatic carbocycles. The van der Waals surface area contributed by atoms with Gasteiger partial charge in [-0.25, -0.2) is 18.9 Å². The maximum atomic E-state index is 14.9. The van der Waals surface area contributed by atoms with E-state index in [1.165, 1.54) is 21.9 Å². The maximum Gasteiger partial charge on any atom is 0.252 e. The van der Waals surface area contributed by atoms with Gasteiger partial charge in [0.15, 0.2) is 11.5 Å². The van der Waals surface area contributed by atoms with Gasteiger partial charge >= 0.3 is 0 Å². The number of amides is 1. The molecule has 1 fully saturated rings. The molecule has 1 aliphatic heterocycles. The summed E-state index contributed by atoms with van der Waals surface area (Å²) in [4.78, 5) is 20.8. The molecule has 4 heterocycles. The number of aromatic nitrogens is 4. The van der Waals surface area contributed by atoms with Crippen molar-refractivity contribution in [3.8, 4) is 11.3 Å². The predicted octanol–water partition coefficient (Wildman–Crippen LogP) is 3.02. The van der Waals surface area contributed by atoms with Gasteiger partial charge in [-0.15, -0.1) is 11.3 Å². The molecule has 7 nitrogen and oxygen atoms in total. The van der Waals surface area contributed by atoms with Crippen LogP contribution in [-0.4, -0.2) is 38.6 Å². The second-order valence-electron chi connectivity index (χ2n) is 7.34. The SMILES string of the molecule is Cc1cn2nc(-c3cc(F)c4nc(C5CCNCC5)sc4c3)cc(C(N)=O)c2n1. The first kappa shape index (κ1) is 18.1. The van der Waals surface area contributed by atoms with E-state index in [-0.39, 0.29) is 5.56 Å². The summed E-state index contributed by atoms with van der Waals surface area (Å²) in [7, 11) is 0. The number of aryl methyl sites for hydroxylation is 1. The van der Waals surface area contributed by atoms with Crippen LogP contribution in [0.4, 0.5) is 4.39 Å². The lowest BCUT2D eigenvalue weighted by Gasteiger charge is -2.20. The number of hydrogen-bond acceptors (Lipinski definition) is 6. The lowest BCUT2D eigenvalue weighted by molar-refractivity contribution is 0.100. The molecule has 3 N–H and O–H groups in total. The van der Waals surface area contributed by atoms with Crippen LogP contribution in [0.1, 0.15) is 39.8 Å². The zero-order valence-electron chi connectivity index (χ0n) is 15.8. The molecule has 4 aromatic rings. The zero-order chi connectivity index (χ0) is 20.1. The van der Waals surface area contributed by atoms with Gasteiger partial charge in [0.25, 0.3) is 5.91 Å². The molecule has 0 bridgehead atoms. The molecule has 0 saturated carbocycles. The minimum absolute atomic E-state index is 0.253. The van der Waals surface area contributed by atoms with Crippen molar-refractivity contribution < 1.29 is 9.18 Å². The topological polar surface area (TPSA) is 98.2 Å². The van der Waals surface area contributed by atoms with Gasteiger partial charge in [-0.1, -0.05) is 0 Å². The monoisotopic (exact) mass is 410 g/mol. The van der Waals surface area contributed by atoms with E-state index in [9.17, 15) is 9.18 Å². The summed E-state index contributed by atoms with van der Waals surface area (Å²) in [6.07, 6.45) is 3.73. The van der Waals surface area contributed by atoms with Crippen LogP contribution < -0.4 is 11.1 Å². The number of piperidine rings is 1. The average molecular weight is 410 g/mol. The van der Waals surface area contributed by atoms with Gasteiger partial charge in [0.05, 0.1) is 32.9 Å². The van der Waals surface area contributed by atoms with Crippen molar-refractivity contribution in [3.05, 3.63) is 46.5 Å². The van der Waals surface area contributed by atoms with E-state index in [0.29, 0.717) is 34.0 Å². The van der Waals surface area contributed by atoms with E-state index in [1.54, 1.807) is 12.3 Å². The third kappa shape index (κ3) is 3.16. The molecule has 1 saturated heterocycles. The number of nitrogens with one attached hydrogen (secondary N) is 1. The van der Waals surface area contributed by atoms with Crippen LogP contribution in [0.15, 0.2) is 24.4 Å². The number of carbonyl (C=O) groups is 1. The van der Waals surface area contributed by atoms with Crippen LogP contribution in [0.3, 0.4) is 0 Å². The molecule has 0 spiro atoms. The number of thiazole rings is 1. The molecule has 1 aliphatic rings. The molecule has 0 unspecified atom stereocenters. The Bertz CT molecular complexity index is 1260. The van der Waals surface area contributed by atoms with Crippen molar-refractivity contribution in [2.75, 3.05) is 13.1 Å². The fourth-order valence-corrected chi connectivity index (χ4v) is 5.00. The Kier molecular flexibility index (Phi) is 4.29. The summed E-state index contributed by atoms with van der Waals surface area (Å²) >= 11 is 1.53. The minimum Gasteiger partial charge on any atom is -0.365 e. The fourth-order valence-electron chi connectivity index (χ4n) is 3.81. The number of halogens is 1. The highest BCUT2D eigenvalue weighted by Crippen LogP contribution is 2.35. The summed E-state index contributed by atoms with van der Waals surface area (Å²) in [5.41, 5.74) is 8.32. The number of benzene rings is 1. The number of nitrogens with zero attached hydrogens (tertiary/aromatic N) is 4. The second-order valence-corrected chi connectivity index (χ2v) is 8.40. The molecule has 0 radical (unpaired) electrons. The maximum absolute atomic E-state index is 14.9. The van der Waals surface area contributed by atoms with E-state index < -0.39 is 11.7 Å². The lowest BCUT2D eigenvalue weighted by atomic mass is 9.99. The van der Waals surface area contributed by atoms with Crippen molar-refractivity contribution in [1.82, 2.24) is 24.9 Å². The number of nitrogens with two attached hydrogens (primary N) is 1. The number of carbonyl (C=O) groups excluding carboxylic acids is 1. The number of primary amides is 1. The largest absolute Gasteiger partial charge is 0.365 e. The summed E-state index contributed by atoms with van der Waals surface area (Å²) in [6, 6.07) is 4.86. The highest BCUT2D eigenvalue weighted by atomic mass is 32.1. The molecule has 29 heavy (non-hydrogen) atoms.